The minimum atomic E-state index is -0.862. The first-order valence-corrected chi connectivity index (χ1v) is 11.9. The Morgan fingerprint density at radius 3 is 2.23 bits per heavy atom. The van der Waals surface area contributed by atoms with Crippen LogP contribution >= 0.6 is 11.6 Å². The van der Waals surface area contributed by atoms with E-state index in [0.29, 0.717) is 12.1 Å². The number of halogens is 3. The molecule has 0 fully saturated rings. The Morgan fingerprint density at radius 2 is 1.60 bits per heavy atom. The highest BCUT2D eigenvalue weighted by molar-refractivity contribution is 6.31. The molecule has 0 aliphatic carbocycles. The first-order chi connectivity index (χ1) is 16.7. The molecule has 0 spiro atoms. The molecule has 0 aliphatic heterocycles. The Balaban J connectivity index is 1.98. The molecule has 2 amide bonds. The van der Waals surface area contributed by atoms with Crippen LogP contribution in [0.5, 0.6) is 0 Å². The van der Waals surface area contributed by atoms with Gasteiger partial charge in [-0.3, -0.25) is 9.59 Å². The van der Waals surface area contributed by atoms with E-state index in [2.05, 4.69) is 5.32 Å². The second-order valence-corrected chi connectivity index (χ2v) is 9.28. The van der Waals surface area contributed by atoms with Crippen molar-refractivity contribution < 1.29 is 18.4 Å². The fourth-order valence-corrected chi connectivity index (χ4v) is 3.95. The van der Waals surface area contributed by atoms with E-state index in [0.717, 1.165) is 5.56 Å². The number of rotatable bonds is 10. The summed E-state index contributed by atoms with van der Waals surface area (Å²) in [6.45, 7) is 4.46. The number of nitrogens with one attached hydrogen (secondary N) is 1. The molecule has 3 aromatic carbocycles. The SMILES string of the molecule is CC(C)CNC(=O)C(Cc1ccccc1)N(Cc1ccc(F)cc1)C(=O)Cc1c(F)cccc1Cl. The van der Waals surface area contributed by atoms with Gasteiger partial charge in [0.15, 0.2) is 0 Å². The van der Waals surface area contributed by atoms with Crippen molar-refractivity contribution >= 4 is 23.4 Å². The fourth-order valence-electron chi connectivity index (χ4n) is 3.72. The monoisotopic (exact) mass is 498 g/mol. The zero-order chi connectivity index (χ0) is 25.4. The van der Waals surface area contributed by atoms with E-state index in [4.69, 9.17) is 11.6 Å². The van der Waals surface area contributed by atoms with Crippen molar-refractivity contribution in [1.82, 2.24) is 10.2 Å². The number of nitrogens with zero attached hydrogens (tertiary/aromatic N) is 1. The number of carbonyl (C=O) groups is 2. The summed E-state index contributed by atoms with van der Waals surface area (Å²) in [6.07, 6.45) is -0.0435. The lowest BCUT2D eigenvalue weighted by Gasteiger charge is -2.32. The lowest BCUT2D eigenvalue weighted by Crippen LogP contribution is -2.51. The van der Waals surface area contributed by atoms with Crippen LogP contribution in [-0.2, 0) is 29.0 Å². The molecule has 3 rings (SSSR count). The molecule has 1 atom stereocenters. The fraction of sp³-hybridized carbons (Fsp3) is 0.286. The highest BCUT2D eigenvalue weighted by Crippen LogP contribution is 2.22. The number of hydrogen-bond acceptors (Lipinski definition) is 2. The van der Waals surface area contributed by atoms with Crippen molar-refractivity contribution in [2.24, 2.45) is 5.92 Å². The molecule has 0 aromatic heterocycles. The van der Waals surface area contributed by atoms with Crippen LogP contribution < -0.4 is 5.32 Å². The maximum Gasteiger partial charge on any atom is 0.243 e. The van der Waals surface area contributed by atoms with E-state index in [1.54, 1.807) is 12.1 Å². The average Bonchev–Trinajstić information content (AvgIpc) is 2.84. The molecule has 0 saturated heterocycles. The second kappa shape index (κ2) is 12.5. The molecule has 0 bridgehead atoms. The molecule has 3 aromatic rings. The van der Waals surface area contributed by atoms with Gasteiger partial charge in [0.05, 0.1) is 6.42 Å². The summed E-state index contributed by atoms with van der Waals surface area (Å²) in [4.78, 5) is 28.4. The van der Waals surface area contributed by atoms with Gasteiger partial charge in [0.1, 0.15) is 17.7 Å². The Labute approximate surface area is 209 Å². The Hall–Kier alpha value is -3.25. The molecule has 0 heterocycles. The second-order valence-electron chi connectivity index (χ2n) is 8.87. The van der Waals surface area contributed by atoms with Crippen molar-refractivity contribution in [2.45, 2.75) is 39.3 Å². The van der Waals surface area contributed by atoms with E-state index < -0.39 is 23.6 Å². The summed E-state index contributed by atoms with van der Waals surface area (Å²) < 4.78 is 28.0. The van der Waals surface area contributed by atoms with Crippen molar-refractivity contribution in [1.29, 1.82) is 0 Å². The van der Waals surface area contributed by atoms with Gasteiger partial charge in [-0.1, -0.05) is 74.0 Å². The molecule has 0 radical (unpaired) electrons. The Bertz CT molecular complexity index is 1120. The van der Waals surface area contributed by atoms with Crippen LogP contribution in [0.15, 0.2) is 72.8 Å². The molecule has 0 saturated carbocycles. The largest absolute Gasteiger partial charge is 0.354 e. The summed E-state index contributed by atoms with van der Waals surface area (Å²) in [5, 5.41) is 3.07. The van der Waals surface area contributed by atoms with Crippen LogP contribution in [0.2, 0.25) is 5.02 Å². The highest BCUT2D eigenvalue weighted by Gasteiger charge is 2.31. The third kappa shape index (κ3) is 7.62. The zero-order valence-corrected chi connectivity index (χ0v) is 20.6. The minimum absolute atomic E-state index is 0.0534. The predicted molar refractivity (Wildman–Crippen MR) is 134 cm³/mol. The van der Waals surface area contributed by atoms with Crippen molar-refractivity contribution in [3.63, 3.8) is 0 Å². The molecule has 7 heteroatoms. The van der Waals surface area contributed by atoms with Crippen molar-refractivity contribution in [3.8, 4) is 0 Å². The van der Waals surface area contributed by atoms with Crippen LogP contribution in [0.4, 0.5) is 8.78 Å². The quantitative estimate of drug-likeness (QED) is 0.397. The van der Waals surface area contributed by atoms with Gasteiger partial charge in [-0.15, -0.1) is 0 Å². The predicted octanol–water partition coefficient (Wildman–Crippen LogP) is 5.57. The summed E-state index contributed by atoms with van der Waals surface area (Å²) in [5.41, 5.74) is 1.59. The lowest BCUT2D eigenvalue weighted by molar-refractivity contribution is -0.140. The van der Waals surface area contributed by atoms with Gasteiger partial charge in [-0.25, -0.2) is 8.78 Å². The van der Waals surface area contributed by atoms with Crippen LogP contribution in [0, 0.1) is 17.6 Å². The number of hydrogen-bond donors (Lipinski definition) is 1. The Morgan fingerprint density at radius 1 is 0.914 bits per heavy atom. The van der Waals surface area contributed by atoms with Gasteiger partial charge in [0.2, 0.25) is 11.8 Å². The normalized spacial score (nSPS) is 11.8. The molecule has 4 nitrogen and oxygen atoms in total. The standard InChI is InChI=1S/C28H29ClF2N2O2/c1-19(2)17-32-28(35)26(15-20-7-4-3-5-8-20)33(18-21-11-13-22(30)14-12-21)27(34)16-23-24(29)9-6-10-25(23)31/h3-14,19,26H,15-18H2,1-2H3,(H,32,35). The minimum Gasteiger partial charge on any atom is -0.354 e. The average molecular weight is 499 g/mol. The van der Waals surface area contributed by atoms with E-state index in [1.165, 1.54) is 35.2 Å². The van der Waals surface area contributed by atoms with Crippen LogP contribution in [0.3, 0.4) is 0 Å². The van der Waals surface area contributed by atoms with Gasteiger partial charge in [0, 0.05) is 30.1 Å². The van der Waals surface area contributed by atoms with Crippen molar-refractivity contribution in [3.05, 3.63) is 106 Å². The van der Waals surface area contributed by atoms with E-state index >= 15 is 0 Å². The molecular formula is C28H29ClF2N2O2. The molecule has 1 unspecified atom stereocenters. The van der Waals surface area contributed by atoms with Gasteiger partial charge < -0.3 is 10.2 Å². The van der Waals surface area contributed by atoms with Gasteiger partial charge in [-0.05, 0) is 41.3 Å². The highest BCUT2D eigenvalue weighted by atomic mass is 35.5. The third-order valence-electron chi connectivity index (χ3n) is 5.61. The molecular weight excluding hydrogens is 470 g/mol. The van der Waals surface area contributed by atoms with Gasteiger partial charge >= 0.3 is 0 Å². The van der Waals surface area contributed by atoms with Crippen LogP contribution in [0.1, 0.15) is 30.5 Å². The molecule has 35 heavy (non-hydrogen) atoms. The van der Waals surface area contributed by atoms with Crippen molar-refractivity contribution in [2.75, 3.05) is 6.54 Å². The third-order valence-corrected chi connectivity index (χ3v) is 5.97. The van der Waals surface area contributed by atoms with E-state index in [-0.39, 0.29) is 41.8 Å². The molecule has 184 valence electrons. The number of carbonyl (C=O) groups excluding carboxylic acids is 2. The maximum atomic E-state index is 14.5. The van der Waals surface area contributed by atoms with Gasteiger partial charge in [0.25, 0.3) is 0 Å². The topological polar surface area (TPSA) is 49.4 Å². The molecule has 0 aliphatic rings. The van der Waals surface area contributed by atoms with E-state index in [1.807, 2.05) is 44.2 Å². The first kappa shape index (κ1) is 26.4. The number of benzene rings is 3. The summed E-state index contributed by atoms with van der Waals surface area (Å²) >= 11 is 6.18. The van der Waals surface area contributed by atoms with Gasteiger partial charge in [-0.2, -0.15) is 0 Å². The zero-order valence-electron chi connectivity index (χ0n) is 19.8. The maximum absolute atomic E-state index is 14.5. The first-order valence-electron chi connectivity index (χ1n) is 11.5. The lowest BCUT2D eigenvalue weighted by atomic mass is 10.0. The Kier molecular flexibility index (Phi) is 9.38. The van der Waals surface area contributed by atoms with E-state index in [9.17, 15) is 18.4 Å². The number of amides is 2. The van der Waals surface area contributed by atoms with Crippen LogP contribution in [-0.4, -0.2) is 29.3 Å². The summed E-state index contributed by atoms with van der Waals surface area (Å²) in [6, 6.07) is 18.5. The van der Waals surface area contributed by atoms with Crippen LogP contribution in [0.25, 0.3) is 0 Å². The summed E-state index contributed by atoms with van der Waals surface area (Å²) in [7, 11) is 0. The smallest absolute Gasteiger partial charge is 0.243 e. The molecule has 1 N–H and O–H groups in total. The summed E-state index contributed by atoms with van der Waals surface area (Å²) in [5.74, 6) is -1.54.